The molecule has 0 aromatic carbocycles. The molecule has 1 atom stereocenters. The zero-order chi connectivity index (χ0) is 25.6. The summed E-state index contributed by atoms with van der Waals surface area (Å²) in [5, 5.41) is 17.7. The van der Waals surface area contributed by atoms with E-state index >= 15 is 0 Å². The summed E-state index contributed by atoms with van der Waals surface area (Å²) in [4.78, 5) is 31.2. The number of fused-ring (bicyclic) bond motifs is 2. The molecular formula is C19H18F6N4O5. The maximum Gasteiger partial charge on any atom is 0.490 e. The Labute approximate surface area is 187 Å². The van der Waals surface area contributed by atoms with Crippen molar-refractivity contribution in [2.24, 2.45) is 0 Å². The second-order valence-electron chi connectivity index (χ2n) is 7.11. The molecule has 0 aliphatic carbocycles. The summed E-state index contributed by atoms with van der Waals surface area (Å²) < 4.78 is 69.2. The molecule has 9 nitrogen and oxygen atoms in total. The number of pyridine rings is 1. The third-order valence-corrected chi connectivity index (χ3v) is 4.65. The van der Waals surface area contributed by atoms with Crippen molar-refractivity contribution in [1.82, 2.24) is 20.3 Å². The summed E-state index contributed by atoms with van der Waals surface area (Å²) >= 11 is 0. The topological polar surface area (TPSA) is 135 Å². The largest absolute Gasteiger partial charge is 0.490 e. The molecule has 0 saturated carbocycles. The fourth-order valence-corrected chi connectivity index (χ4v) is 3.10. The van der Waals surface area contributed by atoms with E-state index in [0.29, 0.717) is 6.61 Å². The van der Waals surface area contributed by atoms with Crippen LogP contribution in [0.25, 0.3) is 11.4 Å². The number of carbonyl (C=O) groups is 2. The number of nitrogens with zero attached hydrogens (tertiary/aromatic N) is 3. The van der Waals surface area contributed by atoms with Gasteiger partial charge in [-0.25, -0.2) is 19.6 Å². The highest BCUT2D eigenvalue weighted by Crippen LogP contribution is 2.36. The van der Waals surface area contributed by atoms with Gasteiger partial charge in [0.25, 0.3) is 0 Å². The smallest absolute Gasteiger partial charge is 0.475 e. The van der Waals surface area contributed by atoms with Crippen molar-refractivity contribution in [2.45, 2.75) is 30.8 Å². The van der Waals surface area contributed by atoms with Gasteiger partial charge in [0.15, 0.2) is 5.82 Å². The number of aliphatic carboxylic acids is 2. The van der Waals surface area contributed by atoms with Crippen molar-refractivity contribution in [3.8, 4) is 11.4 Å². The second kappa shape index (κ2) is 10.7. The summed E-state index contributed by atoms with van der Waals surface area (Å²) in [6, 6.07) is 3.90. The lowest BCUT2D eigenvalue weighted by atomic mass is 9.80. The molecule has 0 bridgehead atoms. The monoisotopic (exact) mass is 496 g/mol. The quantitative estimate of drug-likeness (QED) is 0.509. The molecule has 15 heteroatoms. The van der Waals surface area contributed by atoms with Gasteiger partial charge in [-0.2, -0.15) is 26.3 Å². The van der Waals surface area contributed by atoms with E-state index in [1.165, 1.54) is 0 Å². The molecular weight excluding hydrogens is 478 g/mol. The Morgan fingerprint density at radius 1 is 1.06 bits per heavy atom. The van der Waals surface area contributed by atoms with Crippen molar-refractivity contribution in [1.29, 1.82) is 0 Å². The number of carboxylic acid groups (broad SMARTS) is 2. The number of aromatic nitrogens is 3. The van der Waals surface area contributed by atoms with Crippen LogP contribution in [0.4, 0.5) is 26.3 Å². The molecule has 1 unspecified atom stereocenters. The van der Waals surface area contributed by atoms with Crippen LogP contribution in [0.1, 0.15) is 17.7 Å². The number of carboxylic acids is 2. The fraction of sp³-hybridized carbons (Fsp3) is 0.421. The highest BCUT2D eigenvalue weighted by Gasteiger charge is 2.42. The van der Waals surface area contributed by atoms with Crippen molar-refractivity contribution in [3.05, 3.63) is 42.0 Å². The molecule has 2 aromatic heterocycles. The number of alkyl halides is 6. The third-order valence-electron chi connectivity index (χ3n) is 4.65. The van der Waals surface area contributed by atoms with E-state index in [0.717, 1.165) is 48.8 Å². The maximum atomic E-state index is 10.6. The van der Waals surface area contributed by atoms with E-state index < -0.39 is 24.3 Å². The van der Waals surface area contributed by atoms with Gasteiger partial charge in [-0.15, -0.1) is 0 Å². The van der Waals surface area contributed by atoms with Gasteiger partial charge in [-0.3, -0.25) is 4.98 Å². The van der Waals surface area contributed by atoms with Gasteiger partial charge < -0.3 is 20.3 Å². The molecule has 0 amide bonds. The summed E-state index contributed by atoms with van der Waals surface area (Å²) in [7, 11) is 0. The van der Waals surface area contributed by atoms with Gasteiger partial charge in [-0.05, 0) is 25.1 Å². The summed E-state index contributed by atoms with van der Waals surface area (Å²) in [6.45, 7) is 3.32. The molecule has 2 aliphatic rings. The van der Waals surface area contributed by atoms with Crippen molar-refractivity contribution < 1.29 is 50.9 Å². The molecule has 186 valence electrons. The first-order chi connectivity index (χ1) is 15.8. The van der Waals surface area contributed by atoms with Gasteiger partial charge in [0.05, 0.1) is 24.3 Å². The SMILES string of the molecule is O=C(O)C(F)(F)F.O=C(O)C(F)(F)F.c1cncc(-c2ncc3c(n2)C2(CCNC2)COC3)c1. The minimum atomic E-state index is -5.08. The van der Waals surface area contributed by atoms with Gasteiger partial charge >= 0.3 is 24.3 Å². The minimum absolute atomic E-state index is 0.0213. The lowest BCUT2D eigenvalue weighted by Gasteiger charge is -2.33. The average Bonchev–Trinajstić information content (AvgIpc) is 3.23. The van der Waals surface area contributed by atoms with E-state index in [9.17, 15) is 26.3 Å². The summed E-state index contributed by atoms with van der Waals surface area (Å²) in [5.41, 5.74) is 3.26. The van der Waals surface area contributed by atoms with E-state index in [1.54, 1.807) is 12.4 Å². The summed E-state index contributed by atoms with van der Waals surface area (Å²) in [5.74, 6) is -4.76. The number of rotatable bonds is 1. The molecule has 4 heterocycles. The predicted octanol–water partition coefficient (Wildman–Crippen LogP) is 2.57. The normalized spacial score (nSPS) is 19.2. The van der Waals surface area contributed by atoms with Crippen LogP contribution in [0.2, 0.25) is 0 Å². The van der Waals surface area contributed by atoms with Gasteiger partial charge in [0, 0.05) is 36.3 Å². The second-order valence-corrected chi connectivity index (χ2v) is 7.11. The van der Waals surface area contributed by atoms with E-state index in [2.05, 4.69) is 15.3 Å². The van der Waals surface area contributed by atoms with Crippen LogP contribution < -0.4 is 5.32 Å². The highest BCUT2D eigenvalue weighted by molar-refractivity contribution is 5.73. The Balaban J connectivity index is 0.000000244. The Kier molecular flexibility index (Phi) is 8.50. The molecule has 1 saturated heterocycles. The fourth-order valence-electron chi connectivity index (χ4n) is 3.10. The molecule has 0 radical (unpaired) electrons. The third kappa shape index (κ3) is 7.08. The van der Waals surface area contributed by atoms with Crippen LogP contribution in [0.5, 0.6) is 0 Å². The predicted molar refractivity (Wildman–Crippen MR) is 101 cm³/mol. The van der Waals surface area contributed by atoms with Crippen LogP contribution in [0.15, 0.2) is 30.7 Å². The van der Waals surface area contributed by atoms with E-state index in [1.807, 2.05) is 18.3 Å². The van der Waals surface area contributed by atoms with Crippen LogP contribution in [-0.4, -0.2) is 69.2 Å². The van der Waals surface area contributed by atoms with Crippen LogP contribution in [0.3, 0.4) is 0 Å². The number of hydrogen-bond acceptors (Lipinski definition) is 7. The van der Waals surface area contributed by atoms with Crippen molar-refractivity contribution in [2.75, 3.05) is 19.7 Å². The molecule has 34 heavy (non-hydrogen) atoms. The van der Waals surface area contributed by atoms with Crippen LogP contribution in [0, 0.1) is 0 Å². The van der Waals surface area contributed by atoms with Gasteiger partial charge in [-0.1, -0.05) is 0 Å². The molecule has 3 N–H and O–H groups in total. The van der Waals surface area contributed by atoms with E-state index in [-0.39, 0.29) is 5.41 Å². The lowest BCUT2D eigenvalue weighted by Crippen LogP contribution is -2.39. The first kappa shape index (κ1) is 26.9. The van der Waals surface area contributed by atoms with Crippen molar-refractivity contribution in [3.63, 3.8) is 0 Å². The number of nitrogens with one attached hydrogen (secondary N) is 1. The van der Waals surface area contributed by atoms with Crippen molar-refractivity contribution >= 4 is 11.9 Å². The van der Waals surface area contributed by atoms with E-state index in [4.69, 9.17) is 29.5 Å². The molecule has 2 aliphatic heterocycles. The molecule has 1 fully saturated rings. The Bertz CT molecular complexity index is 971. The maximum absolute atomic E-state index is 10.6. The molecule has 2 aromatic rings. The number of hydrogen-bond donors (Lipinski definition) is 3. The van der Waals surface area contributed by atoms with Gasteiger partial charge in [0.2, 0.25) is 0 Å². The Morgan fingerprint density at radius 3 is 2.15 bits per heavy atom. The highest BCUT2D eigenvalue weighted by atomic mass is 19.4. The zero-order valence-electron chi connectivity index (χ0n) is 17.2. The Hall–Kier alpha value is -3.33. The standard InChI is InChI=1S/C15H16N4O.2C2HF3O2/c1-2-11(6-16-4-1)14-18-7-12-8-20-10-15(13(12)19-14)3-5-17-9-15;2*3-2(4,5)1(6)7/h1-2,4,6-7,17H,3,5,8-10H2;2*(H,6,7). The molecule has 4 rings (SSSR count). The lowest BCUT2D eigenvalue weighted by molar-refractivity contribution is -0.193. The first-order valence-corrected chi connectivity index (χ1v) is 9.42. The van der Waals surface area contributed by atoms with Gasteiger partial charge in [0.1, 0.15) is 0 Å². The minimum Gasteiger partial charge on any atom is -0.475 e. The average molecular weight is 496 g/mol. The zero-order valence-corrected chi connectivity index (χ0v) is 17.2. The molecule has 1 spiro atoms. The number of ether oxygens (including phenoxy) is 1. The summed E-state index contributed by atoms with van der Waals surface area (Å²) in [6.07, 6.45) is -3.62. The number of halogens is 6. The first-order valence-electron chi connectivity index (χ1n) is 9.42. The van der Waals surface area contributed by atoms with Crippen LogP contribution >= 0.6 is 0 Å². The Morgan fingerprint density at radius 2 is 1.68 bits per heavy atom. The van der Waals surface area contributed by atoms with Crippen LogP contribution in [-0.2, 0) is 26.3 Å².